The van der Waals surface area contributed by atoms with Gasteiger partial charge in [0.15, 0.2) is 6.29 Å². The lowest BCUT2D eigenvalue weighted by Gasteiger charge is -2.22. The molecule has 7 nitrogen and oxygen atoms in total. The van der Waals surface area contributed by atoms with E-state index >= 15 is 0 Å². The van der Waals surface area contributed by atoms with Crippen LogP contribution >= 0.6 is 0 Å². The SMILES string of the molecule is NC(=O)c1ccc(-c2ccc3c(c2)ncn3-c2ccc(OCCOC3CCCCO3)cc2)cc1. The Morgan fingerprint density at radius 1 is 1.00 bits per heavy atom. The fraction of sp³-hybridized carbons (Fsp3) is 0.259. The molecule has 0 saturated carbocycles. The van der Waals surface area contributed by atoms with Crippen LogP contribution in [0.5, 0.6) is 5.75 Å². The molecule has 34 heavy (non-hydrogen) atoms. The van der Waals surface area contributed by atoms with Crippen LogP contribution in [-0.4, -0.2) is 41.6 Å². The number of carbonyl (C=O) groups is 1. The van der Waals surface area contributed by atoms with Crippen molar-refractivity contribution in [3.05, 3.63) is 78.6 Å². The van der Waals surface area contributed by atoms with Crippen LogP contribution in [0.2, 0.25) is 0 Å². The number of fused-ring (bicyclic) bond motifs is 1. The van der Waals surface area contributed by atoms with Gasteiger partial charge in [0.25, 0.3) is 0 Å². The van der Waals surface area contributed by atoms with Gasteiger partial charge in [-0.25, -0.2) is 4.98 Å². The molecule has 1 saturated heterocycles. The Bertz CT molecular complexity index is 1260. The molecule has 0 spiro atoms. The number of ether oxygens (including phenoxy) is 3. The minimum absolute atomic E-state index is 0.0933. The molecule has 1 amide bonds. The summed E-state index contributed by atoms with van der Waals surface area (Å²) >= 11 is 0. The number of amides is 1. The molecular weight excluding hydrogens is 430 g/mol. The van der Waals surface area contributed by atoms with E-state index < -0.39 is 5.91 Å². The van der Waals surface area contributed by atoms with Crippen molar-refractivity contribution in [3.8, 4) is 22.6 Å². The van der Waals surface area contributed by atoms with Crippen molar-refractivity contribution in [1.82, 2.24) is 9.55 Å². The molecule has 3 aromatic carbocycles. The van der Waals surface area contributed by atoms with E-state index in [0.717, 1.165) is 59.5 Å². The van der Waals surface area contributed by atoms with Crippen LogP contribution in [0.3, 0.4) is 0 Å². The van der Waals surface area contributed by atoms with Gasteiger partial charge in [-0.3, -0.25) is 9.36 Å². The summed E-state index contributed by atoms with van der Waals surface area (Å²) in [5, 5.41) is 0. The molecule has 7 heteroatoms. The Kier molecular flexibility index (Phi) is 6.56. The first-order valence-electron chi connectivity index (χ1n) is 11.5. The van der Waals surface area contributed by atoms with Gasteiger partial charge in [-0.05, 0) is 78.9 Å². The van der Waals surface area contributed by atoms with Crippen molar-refractivity contribution in [3.63, 3.8) is 0 Å². The number of primary amides is 1. The van der Waals surface area contributed by atoms with E-state index in [9.17, 15) is 4.79 Å². The molecule has 1 aromatic heterocycles. The number of nitrogens with zero attached hydrogens (tertiary/aromatic N) is 2. The largest absolute Gasteiger partial charge is 0.491 e. The molecule has 1 aliphatic heterocycles. The summed E-state index contributed by atoms with van der Waals surface area (Å²) in [5.74, 6) is 0.363. The maximum absolute atomic E-state index is 11.3. The highest BCUT2D eigenvalue weighted by atomic mass is 16.7. The van der Waals surface area contributed by atoms with E-state index in [1.54, 1.807) is 12.1 Å². The van der Waals surface area contributed by atoms with Gasteiger partial charge in [-0.2, -0.15) is 0 Å². The molecule has 1 unspecified atom stereocenters. The molecular formula is C27H27N3O4. The van der Waals surface area contributed by atoms with E-state index in [0.29, 0.717) is 18.8 Å². The Labute approximate surface area is 198 Å². The van der Waals surface area contributed by atoms with Crippen molar-refractivity contribution >= 4 is 16.9 Å². The summed E-state index contributed by atoms with van der Waals surface area (Å²) in [5.41, 5.74) is 10.7. The summed E-state index contributed by atoms with van der Waals surface area (Å²) in [6.07, 6.45) is 4.95. The van der Waals surface area contributed by atoms with Gasteiger partial charge in [-0.1, -0.05) is 18.2 Å². The molecule has 1 atom stereocenters. The molecule has 1 fully saturated rings. The Hall–Kier alpha value is -3.68. The fourth-order valence-electron chi connectivity index (χ4n) is 4.11. The van der Waals surface area contributed by atoms with Gasteiger partial charge in [0.1, 0.15) is 18.7 Å². The normalized spacial score (nSPS) is 15.9. The highest BCUT2D eigenvalue weighted by molar-refractivity contribution is 5.93. The number of aromatic nitrogens is 2. The van der Waals surface area contributed by atoms with Crippen molar-refractivity contribution in [2.24, 2.45) is 5.73 Å². The predicted molar refractivity (Wildman–Crippen MR) is 130 cm³/mol. The zero-order chi connectivity index (χ0) is 23.3. The van der Waals surface area contributed by atoms with Crippen molar-refractivity contribution < 1.29 is 19.0 Å². The van der Waals surface area contributed by atoms with Gasteiger partial charge in [0.05, 0.1) is 17.6 Å². The smallest absolute Gasteiger partial charge is 0.248 e. The summed E-state index contributed by atoms with van der Waals surface area (Å²) in [4.78, 5) is 15.9. The van der Waals surface area contributed by atoms with Crippen LogP contribution in [0.1, 0.15) is 29.6 Å². The zero-order valence-electron chi connectivity index (χ0n) is 18.9. The van der Waals surface area contributed by atoms with Crippen LogP contribution < -0.4 is 10.5 Å². The lowest BCUT2D eigenvalue weighted by Crippen LogP contribution is -2.24. The Balaban J connectivity index is 1.23. The number of rotatable bonds is 8. The molecule has 2 N–H and O–H groups in total. The quantitative estimate of drug-likeness (QED) is 0.387. The lowest BCUT2D eigenvalue weighted by molar-refractivity contribution is -0.165. The standard InChI is InChI=1S/C27H27N3O4/c28-27(31)20-6-4-19(5-7-20)21-8-13-25-24(17-21)29-18-30(25)22-9-11-23(12-10-22)32-15-16-34-26-3-1-2-14-33-26/h4-13,17-18,26H,1-3,14-16H2,(H2,28,31). The minimum atomic E-state index is -0.431. The number of imidazole rings is 1. The van der Waals surface area contributed by atoms with Crippen LogP contribution in [0.15, 0.2) is 73.1 Å². The van der Waals surface area contributed by atoms with Crippen LogP contribution in [0, 0.1) is 0 Å². The Morgan fingerprint density at radius 3 is 2.53 bits per heavy atom. The van der Waals surface area contributed by atoms with Crippen molar-refractivity contribution in [2.75, 3.05) is 19.8 Å². The number of carbonyl (C=O) groups excluding carboxylic acids is 1. The molecule has 0 aliphatic carbocycles. The van der Waals surface area contributed by atoms with Gasteiger partial charge >= 0.3 is 0 Å². The van der Waals surface area contributed by atoms with Gasteiger partial charge in [0, 0.05) is 17.9 Å². The fourth-order valence-corrected chi connectivity index (χ4v) is 4.11. The summed E-state index contributed by atoms with van der Waals surface area (Å²) in [6, 6.07) is 21.3. The van der Waals surface area contributed by atoms with Gasteiger partial charge in [0.2, 0.25) is 5.91 Å². The minimum Gasteiger partial charge on any atom is -0.491 e. The maximum atomic E-state index is 11.3. The highest BCUT2D eigenvalue weighted by Crippen LogP contribution is 2.26. The Morgan fingerprint density at radius 2 is 1.79 bits per heavy atom. The highest BCUT2D eigenvalue weighted by Gasteiger charge is 2.13. The number of hydrogen-bond acceptors (Lipinski definition) is 5. The summed E-state index contributed by atoms with van der Waals surface area (Å²) in [6.45, 7) is 1.77. The number of nitrogens with two attached hydrogens (primary N) is 1. The van der Waals surface area contributed by atoms with E-state index in [1.165, 1.54) is 0 Å². The topological polar surface area (TPSA) is 88.6 Å². The molecule has 1 aliphatic rings. The summed E-state index contributed by atoms with van der Waals surface area (Å²) in [7, 11) is 0. The van der Waals surface area contributed by atoms with Crippen LogP contribution in [-0.2, 0) is 9.47 Å². The number of hydrogen-bond donors (Lipinski definition) is 1. The first kappa shape index (κ1) is 22.1. The zero-order valence-corrected chi connectivity index (χ0v) is 18.9. The second-order valence-electron chi connectivity index (χ2n) is 8.27. The summed E-state index contributed by atoms with van der Waals surface area (Å²) < 4.78 is 19.1. The van der Waals surface area contributed by atoms with Crippen molar-refractivity contribution in [1.29, 1.82) is 0 Å². The second kappa shape index (κ2) is 10.1. The third-order valence-electron chi connectivity index (χ3n) is 5.96. The molecule has 5 rings (SSSR count). The van der Waals surface area contributed by atoms with E-state index in [1.807, 2.05) is 59.4 Å². The third-order valence-corrected chi connectivity index (χ3v) is 5.96. The molecule has 0 radical (unpaired) electrons. The lowest BCUT2D eigenvalue weighted by atomic mass is 10.0. The van der Waals surface area contributed by atoms with Crippen LogP contribution in [0.25, 0.3) is 27.8 Å². The molecule has 0 bridgehead atoms. The van der Waals surface area contributed by atoms with Crippen LogP contribution in [0.4, 0.5) is 0 Å². The maximum Gasteiger partial charge on any atom is 0.248 e. The van der Waals surface area contributed by atoms with Gasteiger partial charge in [-0.15, -0.1) is 0 Å². The number of benzene rings is 3. The van der Waals surface area contributed by atoms with E-state index in [-0.39, 0.29) is 6.29 Å². The van der Waals surface area contributed by atoms with Gasteiger partial charge < -0.3 is 19.9 Å². The second-order valence-corrected chi connectivity index (χ2v) is 8.27. The average molecular weight is 458 g/mol. The third kappa shape index (κ3) is 4.95. The van der Waals surface area contributed by atoms with Crippen molar-refractivity contribution in [2.45, 2.75) is 25.6 Å². The predicted octanol–water partition coefficient (Wildman–Crippen LogP) is 4.71. The molecule has 4 aromatic rings. The van der Waals surface area contributed by atoms with E-state index in [2.05, 4.69) is 11.1 Å². The van der Waals surface area contributed by atoms with E-state index in [4.69, 9.17) is 19.9 Å². The first-order valence-corrected chi connectivity index (χ1v) is 11.5. The molecule has 2 heterocycles. The molecule has 174 valence electrons. The average Bonchev–Trinajstić information content (AvgIpc) is 3.31. The first-order chi connectivity index (χ1) is 16.7. The monoisotopic (exact) mass is 457 g/mol.